The van der Waals surface area contributed by atoms with E-state index in [-0.39, 0.29) is 24.2 Å². The average molecular weight is 432 g/mol. The largest absolute Gasteiger partial charge is 0.497 e. The topological polar surface area (TPSA) is 58.6 Å². The number of fused-ring (bicyclic) bond motifs is 1. The van der Waals surface area contributed by atoms with Gasteiger partial charge in [-0.15, -0.1) is 0 Å². The first-order valence-electron chi connectivity index (χ1n) is 10.5. The Morgan fingerprint density at radius 3 is 2.38 bits per heavy atom. The predicted octanol–water partition coefficient (Wildman–Crippen LogP) is 4.11. The van der Waals surface area contributed by atoms with E-state index < -0.39 is 5.54 Å². The van der Waals surface area contributed by atoms with Crippen LogP contribution in [0.15, 0.2) is 72.8 Å². The first-order valence-corrected chi connectivity index (χ1v) is 10.5. The molecule has 2 amide bonds. The van der Waals surface area contributed by atoms with Gasteiger partial charge >= 0.3 is 0 Å². The van der Waals surface area contributed by atoms with Gasteiger partial charge in [-0.25, -0.2) is 4.39 Å². The smallest absolute Gasteiger partial charge is 0.255 e. The monoisotopic (exact) mass is 432 g/mol. The maximum Gasteiger partial charge on any atom is 0.255 e. The lowest BCUT2D eigenvalue weighted by atomic mass is 9.82. The molecule has 1 aliphatic rings. The van der Waals surface area contributed by atoms with E-state index >= 15 is 0 Å². The minimum Gasteiger partial charge on any atom is -0.497 e. The molecule has 6 heteroatoms. The van der Waals surface area contributed by atoms with Gasteiger partial charge in [0.25, 0.3) is 5.91 Å². The highest BCUT2D eigenvalue weighted by Gasteiger charge is 2.46. The molecule has 1 heterocycles. The number of rotatable bonds is 6. The molecule has 164 valence electrons. The second kappa shape index (κ2) is 8.83. The zero-order valence-corrected chi connectivity index (χ0v) is 18.1. The third kappa shape index (κ3) is 4.21. The molecule has 1 aliphatic heterocycles. The molecule has 32 heavy (non-hydrogen) atoms. The Bertz CT molecular complexity index is 1130. The van der Waals surface area contributed by atoms with Crippen molar-refractivity contribution in [2.24, 2.45) is 0 Å². The van der Waals surface area contributed by atoms with Gasteiger partial charge in [0, 0.05) is 25.1 Å². The van der Waals surface area contributed by atoms with Crippen molar-refractivity contribution in [1.29, 1.82) is 0 Å². The van der Waals surface area contributed by atoms with Gasteiger partial charge in [0.05, 0.1) is 7.11 Å². The summed E-state index contributed by atoms with van der Waals surface area (Å²) in [6.45, 7) is 2.33. The van der Waals surface area contributed by atoms with E-state index in [0.717, 1.165) is 22.4 Å². The summed E-state index contributed by atoms with van der Waals surface area (Å²) in [6.07, 6.45) is 0.393. The van der Waals surface area contributed by atoms with E-state index in [1.165, 1.54) is 12.1 Å². The van der Waals surface area contributed by atoms with E-state index in [1.54, 1.807) is 37.1 Å². The molecule has 1 N–H and O–H groups in total. The van der Waals surface area contributed by atoms with Crippen LogP contribution in [0.3, 0.4) is 0 Å². The molecule has 0 saturated heterocycles. The van der Waals surface area contributed by atoms with E-state index in [4.69, 9.17) is 4.74 Å². The molecule has 0 spiro atoms. The highest BCUT2D eigenvalue weighted by molar-refractivity contribution is 6.02. The Kier molecular flexibility index (Phi) is 5.95. The second-order valence-electron chi connectivity index (χ2n) is 8.16. The minimum atomic E-state index is -1.09. The minimum absolute atomic E-state index is 0.208. The molecule has 0 aromatic heterocycles. The van der Waals surface area contributed by atoms with Crippen molar-refractivity contribution >= 4 is 11.8 Å². The number of hydrogen-bond donors (Lipinski definition) is 1. The SMILES string of the molecule is COc1ccc(CNC(=O)[C@]2(C)Cc3ccccc3C(=O)N2Cc2ccc(F)cc2)cc1. The standard InChI is InChI=1S/C26H25FN2O3/c1-26(25(31)28-16-18-9-13-22(32-2)14-10-18)15-20-5-3-4-6-23(20)24(30)29(26)17-19-7-11-21(27)12-8-19/h3-14H,15-17H2,1-2H3,(H,28,31)/t26-/m0/s1. The number of nitrogens with one attached hydrogen (secondary N) is 1. The predicted molar refractivity (Wildman–Crippen MR) is 120 cm³/mol. The Hall–Kier alpha value is -3.67. The van der Waals surface area contributed by atoms with Gasteiger partial charge in [-0.05, 0) is 53.9 Å². The third-order valence-electron chi connectivity index (χ3n) is 5.98. The average Bonchev–Trinajstić information content (AvgIpc) is 2.81. The number of halogens is 1. The molecule has 1 atom stereocenters. The van der Waals surface area contributed by atoms with Crippen LogP contribution in [0.5, 0.6) is 5.75 Å². The van der Waals surface area contributed by atoms with Crippen molar-refractivity contribution in [2.45, 2.75) is 32.0 Å². The van der Waals surface area contributed by atoms with E-state index in [0.29, 0.717) is 18.5 Å². The van der Waals surface area contributed by atoms with Crippen LogP contribution in [-0.2, 0) is 24.3 Å². The summed E-state index contributed by atoms with van der Waals surface area (Å²) in [5.41, 5.74) is 2.03. The molecule has 0 fully saturated rings. The number of carbonyl (C=O) groups excluding carboxylic acids is 2. The van der Waals surface area contributed by atoms with Gasteiger partial charge in [-0.3, -0.25) is 9.59 Å². The lowest BCUT2D eigenvalue weighted by molar-refractivity contribution is -0.132. The molecule has 0 unspecified atom stereocenters. The fraction of sp³-hybridized carbons (Fsp3) is 0.231. The Morgan fingerprint density at radius 2 is 1.69 bits per heavy atom. The van der Waals surface area contributed by atoms with E-state index in [9.17, 15) is 14.0 Å². The van der Waals surface area contributed by atoms with Gasteiger partial charge in [-0.1, -0.05) is 42.5 Å². The Morgan fingerprint density at radius 1 is 1.03 bits per heavy atom. The van der Waals surface area contributed by atoms with Crippen LogP contribution in [0.1, 0.15) is 34.0 Å². The van der Waals surface area contributed by atoms with Crippen LogP contribution in [0.2, 0.25) is 0 Å². The second-order valence-corrected chi connectivity index (χ2v) is 8.16. The number of nitrogens with zero attached hydrogens (tertiary/aromatic N) is 1. The highest BCUT2D eigenvalue weighted by atomic mass is 19.1. The molecule has 0 bridgehead atoms. The summed E-state index contributed by atoms with van der Waals surface area (Å²) in [6, 6.07) is 20.8. The van der Waals surface area contributed by atoms with Crippen LogP contribution in [0, 0.1) is 5.82 Å². The number of amides is 2. The number of benzene rings is 3. The number of methoxy groups -OCH3 is 1. The Balaban J connectivity index is 1.61. The number of ether oxygens (including phenoxy) is 1. The van der Waals surface area contributed by atoms with Gasteiger partial charge < -0.3 is 15.0 Å². The van der Waals surface area contributed by atoms with E-state index in [1.807, 2.05) is 42.5 Å². The fourth-order valence-corrected chi connectivity index (χ4v) is 4.06. The summed E-state index contributed by atoms with van der Waals surface area (Å²) in [5, 5.41) is 2.99. The molecule has 4 rings (SSSR count). The zero-order chi connectivity index (χ0) is 22.7. The Labute approximate surface area is 186 Å². The van der Waals surface area contributed by atoms with Crippen molar-refractivity contribution < 1.29 is 18.7 Å². The van der Waals surface area contributed by atoms with Crippen molar-refractivity contribution in [3.8, 4) is 5.75 Å². The molecule has 0 saturated carbocycles. The summed E-state index contributed by atoms with van der Waals surface area (Å²) in [7, 11) is 1.60. The summed E-state index contributed by atoms with van der Waals surface area (Å²) < 4.78 is 18.6. The molecule has 0 aliphatic carbocycles. The quantitative estimate of drug-likeness (QED) is 0.638. The van der Waals surface area contributed by atoms with Crippen molar-refractivity contribution in [3.05, 3.63) is 101 Å². The summed E-state index contributed by atoms with van der Waals surface area (Å²) >= 11 is 0. The van der Waals surface area contributed by atoms with E-state index in [2.05, 4.69) is 5.32 Å². The van der Waals surface area contributed by atoms with Crippen LogP contribution < -0.4 is 10.1 Å². The van der Waals surface area contributed by atoms with Gasteiger partial charge in [0.2, 0.25) is 5.91 Å². The zero-order valence-electron chi connectivity index (χ0n) is 18.1. The molecular formula is C26H25FN2O3. The summed E-state index contributed by atoms with van der Waals surface area (Å²) in [5.74, 6) is -0.0485. The maximum absolute atomic E-state index is 13.4. The van der Waals surface area contributed by atoms with Crippen molar-refractivity contribution in [3.63, 3.8) is 0 Å². The lowest BCUT2D eigenvalue weighted by Gasteiger charge is -2.44. The fourth-order valence-electron chi connectivity index (χ4n) is 4.06. The highest BCUT2D eigenvalue weighted by Crippen LogP contribution is 2.33. The van der Waals surface area contributed by atoms with Crippen LogP contribution in [-0.4, -0.2) is 29.4 Å². The molecular weight excluding hydrogens is 407 g/mol. The first kappa shape index (κ1) is 21.6. The number of carbonyl (C=O) groups is 2. The molecule has 3 aromatic rings. The summed E-state index contributed by atoms with van der Waals surface area (Å²) in [4.78, 5) is 28.4. The third-order valence-corrected chi connectivity index (χ3v) is 5.98. The lowest BCUT2D eigenvalue weighted by Crippen LogP contribution is -2.62. The van der Waals surface area contributed by atoms with Crippen LogP contribution >= 0.6 is 0 Å². The van der Waals surface area contributed by atoms with Gasteiger partial charge in [-0.2, -0.15) is 0 Å². The first-order chi connectivity index (χ1) is 15.4. The number of hydrogen-bond acceptors (Lipinski definition) is 3. The molecule has 3 aromatic carbocycles. The van der Waals surface area contributed by atoms with Crippen LogP contribution in [0.25, 0.3) is 0 Å². The van der Waals surface area contributed by atoms with Crippen molar-refractivity contribution in [2.75, 3.05) is 7.11 Å². The normalized spacial score (nSPS) is 17.6. The van der Waals surface area contributed by atoms with Gasteiger partial charge in [0.15, 0.2) is 0 Å². The van der Waals surface area contributed by atoms with Crippen molar-refractivity contribution in [1.82, 2.24) is 10.2 Å². The van der Waals surface area contributed by atoms with Gasteiger partial charge in [0.1, 0.15) is 17.1 Å². The molecule has 0 radical (unpaired) electrons. The molecule has 5 nitrogen and oxygen atoms in total. The maximum atomic E-state index is 13.4. The van der Waals surface area contributed by atoms with Crippen LogP contribution in [0.4, 0.5) is 4.39 Å².